The summed E-state index contributed by atoms with van der Waals surface area (Å²) in [6.45, 7) is 13.4. The molecule has 0 radical (unpaired) electrons. The molecule has 22 heavy (non-hydrogen) atoms. The molecule has 122 valence electrons. The first-order valence-corrected chi connectivity index (χ1v) is 14.7. The Morgan fingerprint density at radius 3 is 2.36 bits per heavy atom. The number of rotatable bonds is 5. The van der Waals surface area contributed by atoms with Gasteiger partial charge in [0.1, 0.15) is 0 Å². The van der Waals surface area contributed by atoms with E-state index in [1.54, 1.807) is 0 Å². The molecule has 2 aromatic rings. The summed E-state index contributed by atoms with van der Waals surface area (Å²) in [5.41, 5.74) is 2.05. The van der Waals surface area contributed by atoms with Crippen molar-refractivity contribution in [3.63, 3.8) is 0 Å². The van der Waals surface area contributed by atoms with Crippen LogP contribution in [0.4, 0.5) is 0 Å². The highest BCUT2D eigenvalue weighted by atomic mass is 32.1. The molecule has 0 aliphatic heterocycles. The fraction of sp³-hybridized carbons (Fsp3) is 0.571. The van der Waals surface area contributed by atoms with E-state index in [-0.39, 0.29) is 0 Å². The number of nitrogens with one attached hydrogen (secondary N) is 1. The van der Waals surface area contributed by atoms with Crippen molar-refractivity contribution in [1.29, 1.82) is 0 Å². The second kappa shape index (κ2) is 5.82. The lowest BCUT2D eigenvalue weighted by Gasteiger charge is -2.20. The van der Waals surface area contributed by atoms with Crippen LogP contribution in [0.15, 0.2) is 12.5 Å². The van der Waals surface area contributed by atoms with Crippen LogP contribution >= 0.6 is 12.2 Å². The van der Waals surface area contributed by atoms with E-state index in [2.05, 4.69) is 59.7 Å². The first-order chi connectivity index (χ1) is 9.97. The second-order valence-electron chi connectivity index (χ2n) is 7.61. The first kappa shape index (κ1) is 17.2. The summed E-state index contributed by atoms with van der Waals surface area (Å²) < 4.78 is 11.1. The molecule has 0 amide bonds. The van der Waals surface area contributed by atoms with Gasteiger partial charge >= 0.3 is 0 Å². The summed E-state index contributed by atoms with van der Waals surface area (Å²) in [5, 5.41) is 0. The zero-order chi connectivity index (χ0) is 16.7. The van der Waals surface area contributed by atoms with Crippen molar-refractivity contribution in [1.82, 2.24) is 18.8 Å². The van der Waals surface area contributed by atoms with Crippen LogP contribution in [0.25, 0.3) is 0 Å². The molecule has 2 heterocycles. The molecule has 1 N–H and O–H groups in total. The van der Waals surface area contributed by atoms with Gasteiger partial charge in [-0.05, 0) is 31.9 Å². The molecule has 0 aliphatic carbocycles. The Labute approximate surface area is 139 Å². The third kappa shape index (κ3) is 3.99. The fourth-order valence-electron chi connectivity index (χ4n) is 2.10. The van der Waals surface area contributed by atoms with Gasteiger partial charge in [0.25, 0.3) is 0 Å². The zero-order valence-corrected chi connectivity index (χ0v) is 17.3. The molecule has 0 fully saturated rings. The summed E-state index contributed by atoms with van der Waals surface area (Å²) in [6, 6.07) is 0. The van der Waals surface area contributed by atoms with E-state index in [0.717, 1.165) is 17.3 Å². The van der Waals surface area contributed by atoms with E-state index in [1.165, 1.54) is 0 Å². The number of hydrogen-bond donors (Lipinski definition) is 1. The van der Waals surface area contributed by atoms with Crippen LogP contribution in [0.1, 0.15) is 11.4 Å². The van der Waals surface area contributed by atoms with Crippen LogP contribution in [0, 0.1) is 4.77 Å². The minimum Gasteiger partial charge on any atom is -0.531 e. The molecule has 0 unspecified atom stereocenters. The van der Waals surface area contributed by atoms with Crippen molar-refractivity contribution < 1.29 is 4.43 Å². The minimum atomic E-state index is -1.70. The molecule has 0 bridgehead atoms. The molecular weight excluding hydrogens is 328 g/mol. The quantitative estimate of drug-likeness (QED) is 0.657. The van der Waals surface area contributed by atoms with E-state index >= 15 is 0 Å². The Morgan fingerprint density at radius 2 is 1.86 bits per heavy atom. The van der Waals surface area contributed by atoms with Crippen LogP contribution in [-0.4, -0.2) is 35.3 Å². The Bertz CT molecular complexity index is 719. The predicted molar refractivity (Wildman–Crippen MR) is 98.3 cm³/mol. The number of aromatic amines is 1. The number of nitrogens with zero attached hydrogens (tertiary/aromatic N) is 3. The summed E-state index contributed by atoms with van der Waals surface area (Å²) in [6.07, 6.45) is 4.80. The maximum atomic E-state index is 6.21. The van der Waals surface area contributed by atoms with Crippen LogP contribution in [0.5, 0.6) is 5.88 Å². The third-order valence-electron chi connectivity index (χ3n) is 3.30. The smallest absolute Gasteiger partial charge is 0.244 e. The van der Waals surface area contributed by atoms with Crippen molar-refractivity contribution in [3.05, 3.63) is 28.7 Å². The highest BCUT2D eigenvalue weighted by molar-refractivity contribution is 7.71. The molecule has 0 atom stereocenters. The van der Waals surface area contributed by atoms with Crippen molar-refractivity contribution in [2.24, 2.45) is 7.05 Å². The van der Waals surface area contributed by atoms with E-state index < -0.39 is 16.6 Å². The van der Waals surface area contributed by atoms with Crippen LogP contribution in [0.3, 0.4) is 0 Å². The van der Waals surface area contributed by atoms with Crippen molar-refractivity contribution in [3.8, 4) is 5.88 Å². The third-order valence-corrected chi connectivity index (χ3v) is 6.27. The van der Waals surface area contributed by atoms with Gasteiger partial charge in [-0.15, -0.1) is 0 Å². The number of H-pyrrole nitrogens is 1. The van der Waals surface area contributed by atoms with E-state index in [1.807, 2.05) is 17.9 Å². The number of hydrogen-bond acceptors (Lipinski definition) is 3. The van der Waals surface area contributed by atoms with Gasteiger partial charge in [0.15, 0.2) is 13.0 Å². The Morgan fingerprint density at radius 1 is 1.23 bits per heavy atom. The molecular formula is C14H26N4OSSi2. The van der Waals surface area contributed by atoms with Gasteiger partial charge in [0.05, 0.1) is 17.7 Å². The topological polar surface area (TPSA) is 47.8 Å². The Hall–Kier alpha value is -1.13. The van der Waals surface area contributed by atoms with Gasteiger partial charge in [0.2, 0.25) is 14.2 Å². The molecule has 8 heteroatoms. The maximum absolute atomic E-state index is 6.21. The van der Waals surface area contributed by atoms with Crippen molar-refractivity contribution in [2.75, 3.05) is 0 Å². The standard InChI is InChI=1S/C14H26N4OSSi2/c1-17-13(19-22(5,6)7)12(16-14(17)20)8-11-9-18(10-15-11)21(2,3)4/h9-10H,8H2,1-7H3,(H,16,20). The van der Waals surface area contributed by atoms with Gasteiger partial charge < -0.3 is 13.6 Å². The zero-order valence-electron chi connectivity index (χ0n) is 14.5. The molecule has 5 nitrogen and oxygen atoms in total. The van der Waals surface area contributed by atoms with E-state index in [0.29, 0.717) is 11.2 Å². The summed E-state index contributed by atoms with van der Waals surface area (Å²) >= 11 is 5.36. The number of imidazole rings is 2. The van der Waals surface area contributed by atoms with Crippen LogP contribution in [0.2, 0.25) is 39.3 Å². The SMILES string of the molecule is Cn1c(O[Si](C)(C)C)c(Cc2cn([Si](C)(C)C)cn2)[nH]c1=S. The van der Waals surface area contributed by atoms with Gasteiger partial charge in [-0.1, -0.05) is 19.6 Å². The summed E-state index contributed by atoms with van der Waals surface area (Å²) in [7, 11) is -1.15. The monoisotopic (exact) mass is 354 g/mol. The minimum absolute atomic E-state index is 0.688. The molecule has 0 aliphatic rings. The van der Waals surface area contributed by atoms with Crippen LogP contribution < -0.4 is 4.43 Å². The average molecular weight is 355 g/mol. The molecule has 0 saturated carbocycles. The Kier molecular flexibility index (Phi) is 4.56. The largest absolute Gasteiger partial charge is 0.531 e. The highest BCUT2D eigenvalue weighted by Crippen LogP contribution is 2.23. The fourth-order valence-corrected chi connectivity index (χ4v) is 4.09. The first-order valence-electron chi connectivity index (χ1n) is 7.47. The predicted octanol–water partition coefficient (Wildman–Crippen LogP) is 3.77. The molecule has 2 aromatic heterocycles. The molecule has 0 saturated heterocycles. The van der Waals surface area contributed by atoms with Crippen LogP contribution in [-0.2, 0) is 13.5 Å². The van der Waals surface area contributed by atoms with E-state index in [9.17, 15) is 0 Å². The Balaban J connectivity index is 2.32. The molecule has 2 rings (SSSR count). The molecule has 0 spiro atoms. The van der Waals surface area contributed by atoms with E-state index in [4.69, 9.17) is 16.6 Å². The lowest BCUT2D eigenvalue weighted by molar-refractivity contribution is 0.500. The van der Waals surface area contributed by atoms with Gasteiger partial charge in [-0.3, -0.25) is 4.57 Å². The number of aromatic nitrogens is 4. The lowest BCUT2D eigenvalue weighted by atomic mass is 10.2. The molecule has 0 aromatic carbocycles. The van der Waals surface area contributed by atoms with Crippen molar-refractivity contribution in [2.45, 2.75) is 45.7 Å². The van der Waals surface area contributed by atoms with Gasteiger partial charge in [0, 0.05) is 19.7 Å². The lowest BCUT2D eigenvalue weighted by Crippen LogP contribution is -2.30. The average Bonchev–Trinajstić information content (AvgIpc) is 2.89. The maximum Gasteiger partial charge on any atom is 0.244 e. The van der Waals surface area contributed by atoms with Gasteiger partial charge in [-0.25, -0.2) is 4.98 Å². The highest BCUT2D eigenvalue weighted by Gasteiger charge is 2.23. The normalized spacial score (nSPS) is 12.7. The van der Waals surface area contributed by atoms with Crippen molar-refractivity contribution >= 4 is 28.8 Å². The summed E-state index contributed by atoms with van der Waals surface area (Å²) in [5.74, 6) is 0.853. The van der Waals surface area contributed by atoms with Gasteiger partial charge in [-0.2, -0.15) is 0 Å². The summed E-state index contributed by atoms with van der Waals surface area (Å²) in [4.78, 5) is 7.81. The second-order valence-corrected chi connectivity index (χ2v) is 17.3.